The maximum Gasteiger partial charge on any atom is 0.312 e. The highest BCUT2D eigenvalue weighted by Gasteiger charge is 2.14. The molecule has 2 N–H and O–H groups in total. The van der Waals surface area contributed by atoms with Gasteiger partial charge >= 0.3 is 5.69 Å². The molecule has 0 saturated heterocycles. The highest BCUT2D eigenvalue weighted by molar-refractivity contribution is 5.92. The van der Waals surface area contributed by atoms with Crippen molar-refractivity contribution in [2.75, 3.05) is 7.11 Å². The fraction of sp³-hybridized carbons (Fsp3) is 0.100. The maximum absolute atomic E-state index is 10.7. The molecular formula is C10H8N2O4. The molecule has 0 aliphatic heterocycles. The van der Waals surface area contributed by atoms with Gasteiger partial charge in [0, 0.05) is 11.6 Å². The monoisotopic (exact) mass is 220 g/mol. The van der Waals surface area contributed by atoms with Crippen molar-refractivity contribution in [3.05, 3.63) is 33.9 Å². The summed E-state index contributed by atoms with van der Waals surface area (Å²) in [5, 5.41) is 10.7. The number of carbonyl (C=O) groups excluding carboxylic acids is 1. The summed E-state index contributed by atoms with van der Waals surface area (Å²) in [6, 6.07) is 4.12. The van der Waals surface area contributed by atoms with Crippen LogP contribution in [0.15, 0.2) is 18.2 Å². The Bertz CT molecular complexity index is 499. The van der Waals surface area contributed by atoms with Crippen molar-refractivity contribution in [2.45, 2.75) is 0 Å². The van der Waals surface area contributed by atoms with E-state index >= 15 is 0 Å². The summed E-state index contributed by atoms with van der Waals surface area (Å²) in [5.41, 5.74) is 4.94. The topological polar surface area (TPSA) is 95.5 Å². The lowest BCUT2D eigenvalue weighted by atomic mass is 10.2. The van der Waals surface area contributed by atoms with E-state index in [4.69, 9.17) is 10.5 Å². The van der Waals surface area contributed by atoms with Gasteiger partial charge in [0.25, 0.3) is 5.91 Å². The molecule has 82 valence electrons. The van der Waals surface area contributed by atoms with Crippen LogP contribution in [0.25, 0.3) is 0 Å². The Morgan fingerprint density at radius 2 is 2.25 bits per heavy atom. The van der Waals surface area contributed by atoms with Crippen LogP contribution in [0.5, 0.6) is 5.75 Å². The number of carbonyl (C=O) groups is 1. The van der Waals surface area contributed by atoms with Gasteiger partial charge in [-0.2, -0.15) is 0 Å². The highest BCUT2D eigenvalue weighted by atomic mass is 16.6. The number of ether oxygens (including phenoxy) is 1. The second-order valence-electron chi connectivity index (χ2n) is 2.76. The van der Waals surface area contributed by atoms with E-state index in [9.17, 15) is 14.9 Å². The van der Waals surface area contributed by atoms with Gasteiger partial charge in [0.05, 0.1) is 12.0 Å². The lowest BCUT2D eigenvalue weighted by Gasteiger charge is -2.00. The van der Waals surface area contributed by atoms with Crippen LogP contribution in [0.1, 0.15) is 5.56 Å². The average molecular weight is 220 g/mol. The summed E-state index contributed by atoms with van der Waals surface area (Å²) in [4.78, 5) is 20.5. The molecule has 0 spiro atoms. The largest absolute Gasteiger partial charge is 0.490 e. The number of hydrogen-bond acceptors (Lipinski definition) is 4. The van der Waals surface area contributed by atoms with Gasteiger partial charge in [-0.25, -0.2) is 0 Å². The van der Waals surface area contributed by atoms with E-state index in [0.717, 1.165) is 0 Å². The van der Waals surface area contributed by atoms with Gasteiger partial charge in [-0.1, -0.05) is 5.92 Å². The molecule has 0 unspecified atom stereocenters. The van der Waals surface area contributed by atoms with E-state index in [0.29, 0.717) is 5.56 Å². The van der Waals surface area contributed by atoms with Crippen LogP contribution in [-0.2, 0) is 4.79 Å². The normalized spacial score (nSPS) is 8.81. The summed E-state index contributed by atoms with van der Waals surface area (Å²) in [7, 11) is 1.33. The zero-order valence-electron chi connectivity index (χ0n) is 8.39. The van der Waals surface area contributed by atoms with E-state index in [1.165, 1.54) is 25.3 Å². The quantitative estimate of drug-likeness (QED) is 0.444. The van der Waals surface area contributed by atoms with Gasteiger partial charge in [-0.05, 0) is 18.1 Å². The van der Waals surface area contributed by atoms with Crippen molar-refractivity contribution < 1.29 is 14.5 Å². The van der Waals surface area contributed by atoms with E-state index < -0.39 is 10.8 Å². The average Bonchev–Trinajstić information content (AvgIpc) is 2.25. The summed E-state index contributed by atoms with van der Waals surface area (Å²) in [5.74, 6) is 3.84. The third kappa shape index (κ3) is 2.72. The molecule has 0 fully saturated rings. The summed E-state index contributed by atoms with van der Waals surface area (Å²) in [6.45, 7) is 0. The molecule has 0 aliphatic rings. The molecule has 16 heavy (non-hydrogen) atoms. The van der Waals surface area contributed by atoms with Gasteiger partial charge < -0.3 is 10.5 Å². The van der Waals surface area contributed by atoms with Crippen LogP contribution in [0, 0.1) is 22.0 Å². The molecule has 0 atom stereocenters. The number of rotatable bonds is 2. The SMILES string of the molecule is COc1ccc(C#CC(N)=O)cc1[N+](=O)[O-]. The Morgan fingerprint density at radius 3 is 2.75 bits per heavy atom. The minimum absolute atomic E-state index is 0.134. The lowest BCUT2D eigenvalue weighted by Crippen LogP contribution is -2.06. The Balaban J connectivity index is 3.18. The Kier molecular flexibility index (Phi) is 3.45. The number of nitro groups is 1. The predicted molar refractivity (Wildman–Crippen MR) is 55.7 cm³/mol. The van der Waals surface area contributed by atoms with Crippen molar-refractivity contribution in [3.8, 4) is 17.6 Å². The Hall–Kier alpha value is -2.55. The summed E-state index contributed by atoms with van der Waals surface area (Å²) in [6.07, 6.45) is 0. The first-order valence-corrected chi connectivity index (χ1v) is 4.18. The van der Waals surface area contributed by atoms with E-state index in [-0.39, 0.29) is 11.4 Å². The number of benzene rings is 1. The minimum Gasteiger partial charge on any atom is -0.490 e. The third-order valence-corrected chi connectivity index (χ3v) is 1.71. The van der Waals surface area contributed by atoms with Crippen molar-refractivity contribution in [2.24, 2.45) is 5.73 Å². The third-order valence-electron chi connectivity index (χ3n) is 1.71. The van der Waals surface area contributed by atoms with Crippen molar-refractivity contribution in [1.29, 1.82) is 0 Å². The van der Waals surface area contributed by atoms with Gasteiger partial charge in [-0.3, -0.25) is 14.9 Å². The molecule has 0 radical (unpaired) electrons. The van der Waals surface area contributed by atoms with Gasteiger partial charge in [0.1, 0.15) is 0 Å². The van der Waals surface area contributed by atoms with Crippen LogP contribution in [0.3, 0.4) is 0 Å². The molecule has 1 rings (SSSR count). The molecule has 1 aromatic rings. The number of nitro benzene ring substituents is 1. The minimum atomic E-state index is -0.793. The Labute approximate surface area is 91.2 Å². The number of nitrogens with two attached hydrogens (primary N) is 1. The van der Waals surface area contributed by atoms with Crippen molar-refractivity contribution in [1.82, 2.24) is 0 Å². The molecule has 1 amide bonds. The number of nitrogens with zero attached hydrogens (tertiary/aromatic N) is 1. The number of primary amides is 1. The van der Waals surface area contributed by atoms with E-state index in [2.05, 4.69) is 11.8 Å². The first-order valence-electron chi connectivity index (χ1n) is 4.18. The maximum atomic E-state index is 10.7. The summed E-state index contributed by atoms with van der Waals surface area (Å²) >= 11 is 0. The predicted octanol–water partition coefficient (Wildman–Crippen LogP) is 0.440. The second kappa shape index (κ2) is 4.79. The number of methoxy groups -OCH3 is 1. The molecule has 6 heteroatoms. The Morgan fingerprint density at radius 1 is 1.56 bits per heavy atom. The molecular weight excluding hydrogens is 212 g/mol. The fourth-order valence-electron chi connectivity index (χ4n) is 1.04. The van der Waals surface area contributed by atoms with Crippen molar-refractivity contribution in [3.63, 3.8) is 0 Å². The second-order valence-corrected chi connectivity index (χ2v) is 2.76. The van der Waals surface area contributed by atoms with Gasteiger partial charge in [0.15, 0.2) is 5.75 Å². The van der Waals surface area contributed by atoms with Crippen LogP contribution in [-0.4, -0.2) is 17.9 Å². The van der Waals surface area contributed by atoms with Crippen molar-refractivity contribution >= 4 is 11.6 Å². The zero-order valence-corrected chi connectivity index (χ0v) is 8.39. The smallest absolute Gasteiger partial charge is 0.312 e. The molecule has 6 nitrogen and oxygen atoms in total. The van der Waals surface area contributed by atoms with Crippen LogP contribution < -0.4 is 10.5 Å². The standard InChI is InChI=1S/C10H8N2O4/c1-16-9-4-2-7(3-5-10(11)13)6-8(9)12(14)15/h2,4,6H,1H3,(H2,11,13). The molecule has 0 saturated carbocycles. The van der Waals surface area contributed by atoms with E-state index in [1.807, 2.05) is 0 Å². The number of hydrogen-bond donors (Lipinski definition) is 1. The number of amides is 1. The van der Waals surface area contributed by atoms with Crippen LogP contribution in [0.4, 0.5) is 5.69 Å². The molecule has 0 aliphatic carbocycles. The molecule has 0 heterocycles. The van der Waals surface area contributed by atoms with Gasteiger partial charge in [0.2, 0.25) is 0 Å². The lowest BCUT2D eigenvalue weighted by molar-refractivity contribution is -0.385. The van der Waals surface area contributed by atoms with Crippen LogP contribution in [0.2, 0.25) is 0 Å². The highest BCUT2D eigenvalue weighted by Crippen LogP contribution is 2.26. The molecule has 0 bridgehead atoms. The molecule has 1 aromatic carbocycles. The zero-order chi connectivity index (χ0) is 12.1. The van der Waals surface area contributed by atoms with E-state index in [1.54, 1.807) is 0 Å². The first-order chi connectivity index (χ1) is 7.54. The van der Waals surface area contributed by atoms with Gasteiger partial charge in [-0.15, -0.1) is 0 Å². The van der Waals surface area contributed by atoms with Crippen LogP contribution >= 0.6 is 0 Å². The molecule has 0 aromatic heterocycles. The first kappa shape index (κ1) is 11.5. The summed E-state index contributed by atoms with van der Waals surface area (Å²) < 4.78 is 4.81. The fourth-order valence-corrected chi connectivity index (χ4v) is 1.04.